The third-order valence-electron chi connectivity index (χ3n) is 6.37. The number of nitrogens with zero attached hydrogens (tertiary/aromatic N) is 1. The maximum absolute atomic E-state index is 12.7. The van der Waals surface area contributed by atoms with E-state index in [0.717, 1.165) is 30.0 Å². The molecule has 2 atom stereocenters. The van der Waals surface area contributed by atoms with Crippen LogP contribution in [0.4, 0.5) is 0 Å². The zero-order valence-corrected chi connectivity index (χ0v) is 19.8. The van der Waals surface area contributed by atoms with Crippen molar-refractivity contribution in [1.82, 2.24) is 4.90 Å². The molecule has 174 valence electrons. The van der Waals surface area contributed by atoms with E-state index in [-0.39, 0.29) is 5.92 Å². The van der Waals surface area contributed by atoms with Gasteiger partial charge in [-0.05, 0) is 41.5 Å². The zero-order chi connectivity index (χ0) is 23.3. The van der Waals surface area contributed by atoms with Gasteiger partial charge in [-0.3, -0.25) is 4.90 Å². The van der Waals surface area contributed by atoms with Gasteiger partial charge in [-0.15, -0.1) is 0 Å². The molecule has 0 radical (unpaired) electrons. The van der Waals surface area contributed by atoms with Gasteiger partial charge in [-0.25, -0.2) is 0 Å². The van der Waals surface area contributed by atoms with Crippen molar-refractivity contribution in [1.29, 1.82) is 0 Å². The van der Waals surface area contributed by atoms with Gasteiger partial charge in [-0.2, -0.15) is 0 Å². The van der Waals surface area contributed by atoms with Gasteiger partial charge < -0.3 is 19.3 Å². The van der Waals surface area contributed by atoms with Gasteiger partial charge in [0, 0.05) is 36.1 Å². The first-order valence-corrected chi connectivity index (χ1v) is 11.5. The summed E-state index contributed by atoms with van der Waals surface area (Å²) in [7, 11) is 3.27. The number of halogens is 1. The molecule has 1 saturated heterocycles. The van der Waals surface area contributed by atoms with Crippen LogP contribution in [0.5, 0.6) is 11.5 Å². The first kappa shape index (κ1) is 23.6. The molecule has 4 rings (SSSR count). The van der Waals surface area contributed by atoms with E-state index in [2.05, 4.69) is 4.90 Å². The number of hydrogen-bond donors (Lipinski definition) is 1. The van der Waals surface area contributed by atoms with Crippen LogP contribution in [0.1, 0.15) is 22.6 Å². The lowest BCUT2D eigenvalue weighted by Gasteiger charge is -2.41. The predicted molar refractivity (Wildman–Crippen MR) is 130 cm³/mol. The van der Waals surface area contributed by atoms with Gasteiger partial charge in [0.1, 0.15) is 17.1 Å². The van der Waals surface area contributed by atoms with Gasteiger partial charge in [0.2, 0.25) is 0 Å². The number of benzene rings is 3. The van der Waals surface area contributed by atoms with Crippen molar-refractivity contribution in [2.45, 2.75) is 11.5 Å². The van der Waals surface area contributed by atoms with E-state index in [1.807, 2.05) is 72.8 Å². The Morgan fingerprint density at radius 2 is 1.61 bits per heavy atom. The van der Waals surface area contributed by atoms with Crippen LogP contribution in [0.15, 0.2) is 72.8 Å². The number of aliphatic hydroxyl groups is 1. The Balaban J connectivity index is 1.90. The topological polar surface area (TPSA) is 51.2 Å². The molecule has 5 nitrogen and oxygen atoms in total. The monoisotopic (exact) mass is 467 g/mol. The third-order valence-corrected chi connectivity index (χ3v) is 6.62. The molecule has 1 fully saturated rings. The fourth-order valence-electron chi connectivity index (χ4n) is 4.56. The molecular formula is C27H30ClNO4. The summed E-state index contributed by atoms with van der Waals surface area (Å²) >= 11 is 6.21. The number of hydrogen-bond acceptors (Lipinski definition) is 5. The number of methoxy groups -OCH3 is 2. The lowest BCUT2D eigenvalue weighted by atomic mass is 9.72. The highest BCUT2D eigenvalue weighted by Crippen LogP contribution is 2.46. The van der Waals surface area contributed by atoms with Crippen molar-refractivity contribution in [3.05, 3.63) is 94.5 Å². The second kappa shape index (κ2) is 10.6. The first-order valence-electron chi connectivity index (χ1n) is 11.1. The molecule has 0 aromatic heterocycles. The predicted octanol–water partition coefficient (Wildman–Crippen LogP) is 4.71. The molecular weight excluding hydrogens is 438 g/mol. The van der Waals surface area contributed by atoms with Crippen molar-refractivity contribution >= 4 is 11.6 Å². The average molecular weight is 468 g/mol. The van der Waals surface area contributed by atoms with E-state index in [4.69, 9.17) is 25.8 Å². The Morgan fingerprint density at radius 1 is 0.939 bits per heavy atom. The molecule has 0 aliphatic carbocycles. The van der Waals surface area contributed by atoms with Crippen molar-refractivity contribution in [3.8, 4) is 11.5 Å². The van der Waals surface area contributed by atoms with Gasteiger partial charge in [-0.1, -0.05) is 54.1 Å². The summed E-state index contributed by atoms with van der Waals surface area (Å²) in [6.45, 7) is 3.64. The largest absolute Gasteiger partial charge is 0.497 e. The van der Waals surface area contributed by atoms with Crippen molar-refractivity contribution in [2.75, 3.05) is 47.1 Å². The summed E-state index contributed by atoms with van der Waals surface area (Å²) in [5.41, 5.74) is 1.10. The molecule has 0 unspecified atom stereocenters. The first-order chi connectivity index (χ1) is 16.1. The Morgan fingerprint density at radius 3 is 2.24 bits per heavy atom. The Bertz CT molecular complexity index is 1030. The van der Waals surface area contributed by atoms with Gasteiger partial charge >= 0.3 is 0 Å². The fraction of sp³-hybridized carbons (Fsp3) is 0.333. The summed E-state index contributed by atoms with van der Waals surface area (Å²) in [5.74, 6) is 1.08. The number of ether oxygens (including phenoxy) is 3. The molecule has 1 N–H and O–H groups in total. The fourth-order valence-corrected chi connectivity index (χ4v) is 4.69. The van der Waals surface area contributed by atoms with Gasteiger partial charge in [0.05, 0.1) is 27.4 Å². The van der Waals surface area contributed by atoms with E-state index >= 15 is 0 Å². The lowest BCUT2D eigenvalue weighted by Crippen LogP contribution is -2.45. The molecule has 0 saturated carbocycles. The van der Waals surface area contributed by atoms with Crippen LogP contribution in [0, 0.1) is 0 Å². The number of para-hydroxylation sites is 1. The Labute approximate surface area is 200 Å². The minimum Gasteiger partial charge on any atom is -0.497 e. The lowest BCUT2D eigenvalue weighted by molar-refractivity contribution is -0.000149. The highest BCUT2D eigenvalue weighted by molar-refractivity contribution is 6.30. The zero-order valence-electron chi connectivity index (χ0n) is 19.0. The molecule has 0 spiro atoms. The summed E-state index contributed by atoms with van der Waals surface area (Å²) in [5, 5.41) is 13.4. The van der Waals surface area contributed by atoms with E-state index in [1.54, 1.807) is 14.2 Å². The minimum absolute atomic E-state index is 0.294. The molecule has 33 heavy (non-hydrogen) atoms. The van der Waals surface area contributed by atoms with Crippen LogP contribution >= 0.6 is 11.6 Å². The molecule has 3 aromatic rings. The van der Waals surface area contributed by atoms with E-state index < -0.39 is 5.60 Å². The van der Waals surface area contributed by atoms with E-state index in [1.165, 1.54) is 0 Å². The standard InChI is InChI=1S/C27H30ClNO4/c1-31-23-13-9-21(10-14-23)27(30,24-5-3-4-6-26(24)32-2)25(19-29-15-17-33-18-16-29)20-7-11-22(28)12-8-20/h3-14,25,30H,15-19H2,1-2H3/t25-,27+/m0/s1. The van der Waals surface area contributed by atoms with Crippen LogP contribution in [-0.4, -0.2) is 57.1 Å². The third kappa shape index (κ3) is 5.02. The molecule has 1 aliphatic heterocycles. The smallest absolute Gasteiger partial charge is 0.126 e. The molecule has 1 heterocycles. The molecule has 0 amide bonds. The van der Waals surface area contributed by atoms with E-state index in [0.29, 0.717) is 36.1 Å². The summed E-state index contributed by atoms with van der Waals surface area (Å²) < 4.78 is 16.6. The van der Waals surface area contributed by atoms with E-state index in [9.17, 15) is 5.11 Å². The number of morpholine rings is 1. The second-order valence-corrected chi connectivity index (χ2v) is 8.65. The molecule has 1 aliphatic rings. The van der Waals surface area contributed by atoms with Crippen molar-refractivity contribution in [2.24, 2.45) is 0 Å². The van der Waals surface area contributed by atoms with Crippen LogP contribution in [0.3, 0.4) is 0 Å². The average Bonchev–Trinajstić information content (AvgIpc) is 2.88. The SMILES string of the molecule is COc1ccc([C@@](O)(c2ccccc2OC)[C@@H](CN2CCOCC2)c2ccc(Cl)cc2)cc1. The van der Waals surface area contributed by atoms with Gasteiger partial charge in [0.15, 0.2) is 0 Å². The molecule has 6 heteroatoms. The van der Waals surface area contributed by atoms with Crippen molar-refractivity contribution < 1.29 is 19.3 Å². The maximum Gasteiger partial charge on any atom is 0.126 e. The summed E-state index contributed by atoms with van der Waals surface area (Å²) in [4.78, 5) is 2.34. The quantitative estimate of drug-likeness (QED) is 0.520. The highest BCUT2D eigenvalue weighted by Gasteiger charge is 2.44. The van der Waals surface area contributed by atoms with Crippen molar-refractivity contribution in [3.63, 3.8) is 0 Å². The Hall–Kier alpha value is -2.57. The van der Waals surface area contributed by atoms with Crippen LogP contribution in [0.25, 0.3) is 0 Å². The highest BCUT2D eigenvalue weighted by atomic mass is 35.5. The van der Waals surface area contributed by atoms with Crippen LogP contribution < -0.4 is 9.47 Å². The van der Waals surface area contributed by atoms with Crippen LogP contribution in [0.2, 0.25) is 5.02 Å². The Kier molecular flexibility index (Phi) is 7.56. The molecule has 3 aromatic carbocycles. The second-order valence-electron chi connectivity index (χ2n) is 8.21. The maximum atomic E-state index is 12.7. The van der Waals surface area contributed by atoms with Crippen LogP contribution in [-0.2, 0) is 10.3 Å². The molecule has 0 bridgehead atoms. The normalized spacial score (nSPS) is 17.2. The summed E-state index contributed by atoms with van der Waals surface area (Å²) in [6.07, 6.45) is 0. The number of rotatable bonds is 8. The van der Waals surface area contributed by atoms with Gasteiger partial charge in [0.25, 0.3) is 0 Å². The summed E-state index contributed by atoms with van der Waals surface area (Å²) in [6, 6.07) is 23.0. The minimum atomic E-state index is -1.37.